The van der Waals surface area contributed by atoms with Gasteiger partial charge in [0.2, 0.25) is 17.6 Å². The number of nitrogens with one attached hydrogen (secondary N) is 2. The standard InChI is InChI=1S/C18H16F5N3O2/c1-9-3-5-10(6-4-9)24-11(27)7-26(2)8-12(28)25-18-16(22)14(20)13(19)15(21)17(18)23/h3-6H,7-8H2,1-2H3,(H,24,27)(H,25,28). The van der Waals surface area contributed by atoms with Gasteiger partial charge in [-0.1, -0.05) is 17.7 Å². The van der Waals surface area contributed by atoms with Crippen LogP contribution in [-0.4, -0.2) is 36.9 Å². The van der Waals surface area contributed by atoms with Gasteiger partial charge in [-0.05, 0) is 26.1 Å². The summed E-state index contributed by atoms with van der Waals surface area (Å²) in [5.74, 6) is -12.5. The van der Waals surface area contributed by atoms with Crippen molar-refractivity contribution < 1.29 is 31.5 Å². The van der Waals surface area contributed by atoms with E-state index in [1.165, 1.54) is 11.9 Å². The smallest absolute Gasteiger partial charge is 0.238 e. The monoisotopic (exact) mass is 401 g/mol. The van der Waals surface area contributed by atoms with Gasteiger partial charge in [-0.3, -0.25) is 14.5 Å². The molecule has 2 N–H and O–H groups in total. The molecule has 2 aromatic carbocycles. The molecule has 0 atom stereocenters. The lowest BCUT2D eigenvalue weighted by Crippen LogP contribution is -2.36. The minimum atomic E-state index is -2.32. The lowest BCUT2D eigenvalue weighted by Gasteiger charge is -2.16. The SMILES string of the molecule is Cc1ccc(NC(=O)CN(C)CC(=O)Nc2c(F)c(F)c(F)c(F)c2F)cc1. The van der Waals surface area contributed by atoms with Crippen molar-refractivity contribution in [1.82, 2.24) is 4.90 Å². The predicted octanol–water partition coefficient (Wildman–Crippen LogP) is 3.20. The summed E-state index contributed by atoms with van der Waals surface area (Å²) in [6.45, 7) is 1.10. The van der Waals surface area contributed by atoms with Crippen molar-refractivity contribution in [3.8, 4) is 0 Å². The summed E-state index contributed by atoms with van der Waals surface area (Å²) in [5.41, 5.74) is 0.0914. The Kier molecular flexibility index (Phi) is 6.68. The van der Waals surface area contributed by atoms with E-state index >= 15 is 0 Å². The Morgan fingerprint density at radius 1 is 0.786 bits per heavy atom. The third kappa shape index (κ3) is 5.03. The normalized spacial score (nSPS) is 10.9. The van der Waals surface area contributed by atoms with Crippen LogP contribution in [0.1, 0.15) is 5.56 Å². The Balaban J connectivity index is 1.96. The molecule has 5 nitrogen and oxygen atoms in total. The quantitative estimate of drug-likeness (QED) is 0.444. The van der Waals surface area contributed by atoms with Gasteiger partial charge in [-0.25, -0.2) is 22.0 Å². The largest absolute Gasteiger partial charge is 0.325 e. The molecule has 150 valence electrons. The summed E-state index contributed by atoms with van der Waals surface area (Å²) in [7, 11) is 1.37. The molecule has 0 heterocycles. The molecular formula is C18H16F5N3O2. The van der Waals surface area contributed by atoms with Gasteiger partial charge in [0.05, 0.1) is 13.1 Å². The third-order valence-electron chi connectivity index (χ3n) is 3.64. The van der Waals surface area contributed by atoms with Crippen molar-refractivity contribution in [3.05, 3.63) is 58.9 Å². The van der Waals surface area contributed by atoms with Crippen LogP contribution in [0.5, 0.6) is 0 Å². The molecule has 0 aromatic heterocycles. The van der Waals surface area contributed by atoms with Crippen LogP contribution >= 0.6 is 0 Å². The molecule has 2 rings (SSSR count). The van der Waals surface area contributed by atoms with Crippen LogP contribution in [0, 0.1) is 36.0 Å². The number of aryl methyl sites for hydroxylation is 1. The number of halogens is 5. The number of amides is 2. The van der Waals surface area contributed by atoms with Gasteiger partial charge < -0.3 is 10.6 Å². The van der Waals surface area contributed by atoms with E-state index in [1.54, 1.807) is 29.6 Å². The minimum Gasteiger partial charge on any atom is -0.325 e. The van der Waals surface area contributed by atoms with Crippen LogP contribution in [-0.2, 0) is 9.59 Å². The average molecular weight is 401 g/mol. The summed E-state index contributed by atoms with van der Waals surface area (Å²) in [5, 5.41) is 4.23. The Bertz CT molecular complexity index is 874. The molecule has 0 unspecified atom stereocenters. The zero-order chi connectivity index (χ0) is 21.0. The second-order valence-electron chi connectivity index (χ2n) is 6.08. The Hall–Kier alpha value is -3.01. The van der Waals surface area contributed by atoms with Crippen LogP contribution in [0.3, 0.4) is 0 Å². The molecule has 10 heteroatoms. The second kappa shape index (κ2) is 8.79. The van der Waals surface area contributed by atoms with E-state index in [2.05, 4.69) is 5.32 Å². The first-order chi connectivity index (χ1) is 13.1. The number of hydrogen-bond acceptors (Lipinski definition) is 3. The molecule has 0 aliphatic heterocycles. The maximum Gasteiger partial charge on any atom is 0.238 e. The molecule has 0 aliphatic rings. The van der Waals surface area contributed by atoms with E-state index in [1.807, 2.05) is 6.92 Å². The van der Waals surface area contributed by atoms with Gasteiger partial charge in [0.15, 0.2) is 23.3 Å². The van der Waals surface area contributed by atoms with Gasteiger partial charge in [0.25, 0.3) is 0 Å². The van der Waals surface area contributed by atoms with Gasteiger partial charge in [-0.2, -0.15) is 0 Å². The highest BCUT2D eigenvalue weighted by Crippen LogP contribution is 2.27. The average Bonchev–Trinajstić information content (AvgIpc) is 2.63. The predicted molar refractivity (Wildman–Crippen MR) is 92.2 cm³/mol. The summed E-state index contributed by atoms with van der Waals surface area (Å²) >= 11 is 0. The highest BCUT2D eigenvalue weighted by molar-refractivity contribution is 5.94. The molecule has 0 saturated carbocycles. The van der Waals surface area contributed by atoms with E-state index in [4.69, 9.17) is 0 Å². The van der Waals surface area contributed by atoms with Crippen LogP contribution in [0.25, 0.3) is 0 Å². The fourth-order valence-corrected chi connectivity index (χ4v) is 2.28. The van der Waals surface area contributed by atoms with Crippen molar-refractivity contribution in [2.45, 2.75) is 6.92 Å². The lowest BCUT2D eigenvalue weighted by molar-refractivity contribution is -0.119. The van der Waals surface area contributed by atoms with Gasteiger partial charge in [-0.15, -0.1) is 0 Å². The molecule has 0 spiro atoms. The van der Waals surface area contributed by atoms with Gasteiger partial charge in [0.1, 0.15) is 5.69 Å². The maximum atomic E-state index is 13.6. The van der Waals surface area contributed by atoms with Crippen LogP contribution < -0.4 is 10.6 Å². The first kappa shape index (κ1) is 21.3. The van der Waals surface area contributed by atoms with E-state index in [-0.39, 0.29) is 6.54 Å². The second-order valence-corrected chi connectivity index (χ2v) is 6.08. The fourth-order valence-electron chi connectivity index (χ4n) is 2.28. The number of nitrogens with zero attached hydrogens (tertiary/aromatic N) is 1. The van der Waals surface area contributed by atoms with E-state index in [0.717, 1.165) is 5.56 Å². The van der Waals surface area contributed by atoms with Crippen LogP contribution in [0.4, 0.5) is 33.3 Å². The van der Waals surface area contributed by atoms with Crippen molar-refractivity contribution in [2.75, 3.05) is 30.8 Å². The molecule has 0 radical (unpaired) electrons. The van der Waals surface area contributed by atoms with Crippen LogP contribution in [0.15, 0.2) is 24.3 Å². The van der Waals surface area contributed by atoms with Crippen molar-refractivity contribution >= 4 is 23.2 Å². The summed E-state index contributed by atoms with van der Waals surface area (Å²) in [6, 6.07) is 6.94. The summed E-state index contributed by atoms with van der Waals surface area (Å²) in [6.07, 6.45) is 0. The number of carbonyl (C=O) groups is 2. The number of rotatable bonds is 6. The Morgan fingerprint density at radius 2 is 1.21 bits per heavy atom. The molecule has 0 fully saturated rings. The highest BCUT2D eigenvalue weighted by Gasteiger charge is 2.27. The first-order valence-corrected chi connectivity index (χ1v) is 7.96. The fraction of sp³-hybridized carbons (Fsp3) is 0.222. The molecule has 0 bridgehead atoms. The lowest BCUT2D eigenvalue weighted by atomic mass is 10.2. The topological polar surface area (TPSA) is 61.4 Å². The molecule has 0 aliphatic carbocycles. The molecule has 2 aromatic rings. The molecule has 28 heavy (non-hydrogen) atoms. The molecule has 2 amide bonds. The van der Waals surface area contributed by atoms with Crippen molar-refractivity contribution in [2.24, 2.45) is 0 Å². The zero-order valence-corrected chi connectivity index (χ0v) is 14.9. The molecule has 0 saturated heterocycles. The number of likely N-dealkylation sites (N-methyl/N-ethyl adjacent to an activating group) is 1. The zero-order valence-electron chi connectivity index (χ0n) is 14.9. The van der Waals surface area contributed by atoms with Crippen LogP contribution in [0.2, 0.25) is 0 Å². The van der Waals surface area contributed by atoms with E-state index < -0.39 is 53.1 Å². The maximum absolute atomic E-state index is 13.6. The van der Waals surface area contributed by atoms with E-state index in [0.29, 0.717) is 5.69 Å². The Morgan fingerprint density at radius 3 is 1.71 bits per heavy atom. The number of anilines is 2. The molecular weight excluding hydrogens is 385 g/mol. The first-order valence-electron chi connectivity index (χ1n) is 7.96. The number of benzene rings is 2. The minimum absolute atomic E-state index is 0.252. The van der Waals surface area contributed by atoms with Gasteiger partial charge in [0, 0.05) is 5.69 Å². The highest BCUT2D eigenvalue weighted by atomic mass is 19.2. The third-order valence-corrected chi connectivity index (χ3v) is 3.64. The Labute approximate surface area is 157 Å². The van der Waals surface area contributed by atoms with Crippen molar-refractivity contribution in [3.63, 3.8) is 0 Å². The summed E-state index contributed by atoms with van der Waals surface area (Å²) in [4.78, 5) is 25.0. The van der Waals surface area contributed by atoms with Crippen molar-refractivity contribution in [1.29, 1.82) is 0 Å². The van der Waals surface area contributed by atoms with E-state index in [9.17, 15) is 31.5 Å². The summed E-state index contributed by atoms with van der Waals surface area (Å²) < 4.78 is 66.4. The number of carbonyl (C=O) groups excluding carboxylic acids is 2. The number of hydrogen-bond donors (Lipinski definition) is 2. The van der Waals surface area contributed by atoms with Gasteiger partial charge >= 0.3 is 0 Å².